The minimum Gasteiger partial charge on any atom is -0.398 e. The zero-order chi connectivity index (χ0) is 16.7. The molecule has 0 aliphatic heterocycles. The molecule has 6 N–H and O–H groups in total. The van der Waals surface area contributed by atoms with Crippen molar-refractivity contribution in [2.75, 3.05) is 5.73 Å². The van der Waals surface area contributed by atoms with E-state index in [0.29, 0.717) is 16.7 Å². The maximum Gasteiger partial charge on any atom is 0.294 e. The number of aryl methyl sites for hydroxylation is 1. The van der Waals surface area contributed by atoms with Crippen molar-refractivity contribution >= 4 is 26.7 Å². The minimum atomic E-state index is -4.38. The molecule has 120 valence electrons. The molecule has 0 heterocycles. The molecular weight excluding hydrogens is 330 g/mol. The SMILES string of the molecule is Cc1ccc(-c2ccc(N)c(S(O)(O)O)c2)cc1S(=O)(=O)O. The monoisotopic (exact) mass is 345 g/mol. The summed E-state index contributed by atoms with van der Waals surface area (Å²) in [7, 11) is -8.38. The lowest BCUT2D eigenvalue weighted by Crippen LogP contribution is -2.02. The van der Waals surface area contributed by atoms with E-state index in [2.05, 4.69) is 0 Å². The van der Waals surface area contributed by atoms with Crippen molar-refractivity contribution in [3.05, 3.63) is 42.0 Å². The van der Waals surface area contributed by atoms with E-state index >= 15 is 0 Å². The van der Waals surface area contributed by atoms with Crippen molar-refractivity contribution in [1.29, 1.82) is 0 Å². The van der Waals surface area contributed by atoms with E-state index in [1.807, 2.05) is 0 Å². The quantitative estimate of drug-likeness (QED) is 0.425. The lowest BCUT2D eigenvalue weighted by molar-refractivity contribution is 0.376. The third-order valence-electron chi connectivity index (χ3n) is 3.11. The molecule has 2 aromatic rings. The third kappa shape index (κ3) is 3.40. The molecule has 0 aliphatic rings. The van der Waals surface area contributed by atoms with Gasteiger partial charge in [-0.2, -0.15) is 8.42 Å². The fourth-order valence-electron chi connectivity index (χ4n) is 2.01. The largest absolute Gasteiger partial charge is 0.398 e. The topological polar surface area (TPSA) is 141 Å². The van der Waals surface area contributed by atoms with Crippen molar-refractivity contribution in [2.45, 2.75) is 16.7 Å². The first kappa shape index (κ1) is 16.7. The van der Waals surface area contributed by atoms with Crippen LogP contribution in [-0.2, 0) is 10.1 Å². The maximum atomic E-state index is 11.3. The van der Waals surface area contributed by atoms with E-state index in [1.54, 1.807) is 6.07 Å². The van der Waals surface area contributed by atoms with E-state index in [-0.39, 0.29) is 15.5 Å². The van der Waals surface area contributed by atoms with E-state index in [1.165, 1.54) is 37.3 Å². The summed E-state index contributed by atoms with van der Waals surface area (Å²) in [6, 6.07) is 8.50. The summed E-state index contributed by atoms with van der Waals surface area (Å²) in [5.41, 5.74) is 6.76. The average molecular weight is 345 g/mol. The molecule has 22 heavy (non-hydrogen) atoms. The number of hydrogen-bond acceptors (Lipinski definition) is 6. The molecule has 0 aromatic heterocycles. The fourth-order valence-corrected chi connectivity index (χ4v) is 3.43. The Bertz CT molecular complexity index is 827. The van der Waals surface area contributed by atoms with E-state index < -0.39 is 21.0 Å². The molecular formula is C13H15NO6S2. The van der Waals surface area contributed by atoms with Gasteiger partial charge in [-0.1, -0.05) is 18.2 Å². The number of nitrogen functional groups attached to an aromatic ring is 1. The molecule has 0 aliphatic carbocycles. The van der Waals surface area contributed by atoms with Crippen LogP contribution in [0.15, 0.2) is 46.2 Å². The van der Waals surface area contributed by atoms with Gasteiger partial charge in [-0.15, -0.1) is 0 Å². The van der Waals surface area contributed by atoms with Crippen molar-refractivity contribution < 1.29 is 26.6 Å². The second-order valence-electron chi connectivity index (χ2n) is 4.73. The second kappa shape index (κ2) is 5.54. The van der Waals surface area contributed by atoms with Gasteiger partial charge in [-0.25, -0.2) is 0 Å². The van der Waals surface area contributed by atoms with E-state index in [0.717, 1.165) is 0 Å². The Balaban J connectivity index is 2.64. The summed E-state index contributed by atoms with van der Waals surface area (Å²) in [4.78, 5) is -0.502. The number of nitrogens with two attached hydrogens (primary N) is 1. The van der Waals surface area contributed by atoms with E-state index in [4.69, 9.17) is 5.73 Å². The molecule has 2 aromatic carbocycles. The van der Waals surface area contributed by atoms with Crippen LogP contribution in [-0.4, -0.2) is 26.6 Å². The predicted molar refractivity (Wildman–Crippen MR) is 84.6 cm³/mol. The predicted octanol–water partition coefficient (Wildman–Crippen LogP) is 3.07. The summed E-state index contributed by atoms with van der Waals surface area (Å²) in [5, 5.41) is 0. The first-order chi connectivity index (χ1) is 10.00. The number of hydrogen-bond donors (Lipinski definition) is 5. The number of anilines is 1. The Labute approximate surface area is 129 Å². The van der Waals surface area contributed by atoms with Crippen LogP contribution in [0.4, 0.5) is 5.69 Å². The van der Waals surface area contributed by atoms with Gasteiger partial charge in [0.05, 0.1) is 15.5 Å². The molecule has 0 amide bonds. The van der Waals surface area contributed by atoms with Crippen LogP contribution in [0.3, 0.4) is 0 Å². The molecule has 0 radical (unpaired) electrons. The van der Waals surface area contributed by atoms with Crippen LogP contribution in [0, 0.1) is 6.92 Å². The molecule has 0 saturated carbocycles. The van der Waals surface area contributed by atoms with Gasteiger partial charge in [-0.05, 0) is 41.8 Å². The van der Waals surface area contributed by atoms with E-state index in [9.17, 15) is 26.6 Å². The molecule has 0 spiro atoms. The van der Waals surface area contributed by atoms with Gasteiger partial charge in [0.1, 0.15) is 10.9 Å². The molecule has 2 rings (SSSR count). The summed E-state index contributed by atoms with van der Waals surface area (Å²) in [6.45, 7) is 1.53. The van der Waals surface area contributed by atoms with Crippen LogP contribution in [0.1, 0.15) is 5.56 Å². The Morgan fingerprint density at radius 3 is 1.86 bits per heavy atom. The molecule has 7 nitrogen and oxygen atoms in total. The first-order valence-corrected chi connectivity index (χ1v) is 8.93. The molecule has 0 atom stereocenters. The molecule has 0 saturated heterocycles. The standard InChI is InChI=1S/C13H15NO6S2/c1-8-2-3-9(6-12(8)21(15,16)17)10-4-5-11(14)13(7-10)22(18,19)20/h2-7,18-20H,14H2,1H3,(H,15,16,17). The number of rotatable bonds is 3. The third-order valence-corrected chi connectivity index (χ3v) is 5.05. The molecule has 9 heteroatoms. The Morgan fingerprint density at radius 2 is 1.36 bits per heavy atom. The smallest absolute Gasteiger partial charge is 0.294 e. The Hall–Kier alpha value is -1.62. The van der Waals surface area contributed by atoms with Crippen LogP contribution < -0.4 is 5.73 Å². The lowest BCUT2D eigenvalue weighted by Gasteiger charge is -2.21. The van der Waals surface area contributed by atoms with Gasteiger partial charge in [0.2, 0.25) is 0 Å². The molecule has 0 bridgehead atoms. The van der Waals surface area contributed by atoms with Crippen LogP contribution in [0.2, 0.25) is 0 Å². The summed E-state index contributed by atoms with van der Waals surface area (Å²) in [6.07, 6.45) is 0. The zero-order valence-electron chi connectivity index (χ0n) is 11.5. The van der Waals surface area contributed by atoms with Gasteiger partial charge in [0.15, 0.2) is 0 Å². The summed E-state index contributed by atoms with van der Waals surface area (Å²) >= 11 is 0. The number of benzene rings is 2. The fraction of sp³-hybridized carbons (Fsp3) is 0.0769. The van der Waals surface area contributed by atoms with Gasteiger partial charge >= 0.3 is 0 Å². The average Bonchev–Trinajstić information content (AvgIpc) is 2.37. The van der Waals surface area contributed by atoms with Gasteiger partial charge in [0.25, 0.3) is 10.1 Å². The van der Waals surface area contributed by atoms with Crippen molar-refractivity contribution in [3.63, 3.8) is 0 Å². The van der Waals surface area contributed by atoms with Gasteiger partial charge < -0.3 is 19.4 Å². The van der Waals surface area contributed by atoms with Crippen molar-refractivity contribution in [2.24, 2.45) is 0 Å². The minimum absolute atomic E-state index is 0.00614. The summed E-state index contributed by atoms with van der Waals surface area (Å²) < 4.78 is 59.9. The normalized spacial score (nSPS) is 13.1. The van der Waals surface area contributed by atoms with Crippen LogP contribution >= 0.6 is 10.9 Å². The van der Waals surface area contributed by atoms with Crippen LogP contribution in [0.5, 0.6) is 0 Å². The highest BCUT2D eigenvalue weighted by atomic mass is 32.3. The molecule has 0 fully saturated rings. The maximum absolute atomic E-state index is 11.3. The van der Waals surface area contributed by atoms with Crippen molar-refractivity contribution in [1.82, 2.24) is 0 Å². The lowest BCUT2D eigenvalue weighted by atomic mass is 10.0. The van der Waals surface area contributed by atoms with Crippen molar-refractivity contribution in [3.8, 4) is 11.1 Å². The summed E-state index contributed by atoms with van der Waals surface area (Å²) in [5.74, 6) is 0. The Kier molecular flexibility index (Phi) is 4.22. The van der Waals surface area contributed by atoms with Gasteiger partial charge in [0, 0.05) is 0 Å². The molecule has 0 unspecified atom stereocenters. The highest BCUT2D eigenvalue weighted by molar-refractivity contribution is 8.19. The second-order valence-corrected chi connectivity index (χ2v) is 7.59. The highest BCUT2D eigenvalue weighted by Gasteiger charge is 2.20. The van der Waals surface area contributed by atoms with Gasteiger partial charge in [-0.3, -0.25) is 4.55 Å². The zero-order valence-corrected chi connectivity index (χ0v) is 13.1. The highest BCUT2D eigenvalue weighted by Crippen LogP contribution is 2.48. The Morgan fingerprint density at radius 1 is 0.864 bits per heavy atom. The van der Waals surface area contributed by atoms with Crippen LogP contribution in [0.25, 0.3) is 11.1 Å². The first-order valence-electron chi connectivity index (χ1n) is 5.99.